The molecule has 0 saturated heterocycles. The van der Waals surface area contributed by atoms with E-state index in [1.807, 2.05) is 48.5 Å². The van der Waals surface area contributed by atoms with Crippen molar-refractivity contribution < 1.29 is 14.3 Å². The summed E-state index contributed by atoms with van der Waals surface area (Å²) in [6, 6.07) is 22.2. The molecule has 4 rings (SSSR count). The predicted molar refractivity (Wildman–Crippen MR) is 106 cm³/mol. The Morgan fingerprint density at radius 1 is 1.04 bits per heavy atom. The van der Waals surface area contributed by atoms with Gasteiger partial charge in [0, 0.05) is 18.4 Å². The maximum atomic E-state index is 12.3. The van der Waals surface area contributed by atoms with Gasteiger partial charge in [-0.2, -0.15) is 0 Å². The highest BCUT2D eigenvalue weighted by atomic mass is 16.5. The lowest BCUT2D eigenvalue weighted by molar-refractivity contribution is -0.122. The Bertz CT molecular complexity index is 938. The van der Waals surface area contributed by atoms with Gasteiger partial charge < -0.3 is 14.8 Å². The standard InChI is InChI=1S/C23H23NO3/c25-23(24-21-13-15-27-22-9-4-3-8-20(21)22)10-5-14-26-19-12-11-17-6-1-2-7-18(17)16-19/h1-4,6-9,11-12,16,21H,5,10,13-15H2,(H,24,25). The van der Waals surface area contributed by atoms with Crippen LogP contribution in [-0.4, -0.2) is 19.1 Å². The number of ether oxygens (including phenoxy) is 2. The van der Waals surface area contributed by atoms with E-state index in [0.717, 1.165) is 28.9 Å². The molecule has 4 nitrogen and oxygen atoms in total. The summed E-state index contributed by atoms with van der Waals surface area (Å²) in [6.07, 6.45) is 1.94. The third-order valence-corrected chi connectivity index (χ3v) is 4.83. The molecule has 1 N–H and O–H groups in total. The maximum absolute atomic E-state index is 12.3. The van der Waals surface area contributed by atoms with Gasteiger partial charge in [0.15, 0.2) is 0 Å². The summed E-state index contributed by atoms with van der Waals surface area (Å²) in [5.41, 5.74) is 1.06. The third-order valence-electron chi connectivity index (χ3n) is 4.83. The van der Waals surface area contributed by atoms with Gasteiger partial charge in [-0.05, 0) is 35.4 Å². The summed E-state index contributed by atoms with van der Waals surface area (Å²) in [5, 5.41) is 5.48. The number of para-hydroxylation sites is 1. The van der Waals surface area contributed by atoms with Gasteiger partial charge in [0.2, 0.25) is 5.91 Å². The second-order valence-corrected chi connectivity index (χ2v) is 6.76. The number of carbonyl (C=O) groups excluding carboxylic acids is 1. The molecule has 1 unspecified atom stereocenters. The number of amides is 1. The summed E-state index contributed by atoms with van der Waals surface area (Å²) in [5.74, 6) is 1.76. The maximum Gasteiger partial charge on any atom is 0.220 e. The second kappa shape index (κ2) is 8.12. The minimum atomic E-state index is 0.0313. The molecule has 1 aliphatic rings. The zero-order valence-corrected chi connectivity index (χ0v) is 15.2. The molecule has 0 spiro atoms. The van der Waals surface area contributed by atoms with E-state index < -0.39 is 0 Å². The largest absolute Gasteiger partial charge is 0.494 e. The van der Waals surface area contributed by atoms with Gasteiger partial charge in [-0.25, -0.2) is 0 Å². The molecule has 3 aromatic rings. The molecule has 1 atom stereocenters. The molecule has 1 amide bonds. The van der Waals surface area contributed by atoms with Crippen LogP contribution in [0.25, 0.3) is 10.8 Å². The Hall–Kier alpha value is -3.01. The summed E-state index contributed by atoms with van der Waals surface area (Å²) in [4.78, 5) is 12.3. The first-order valence-corrected chi connectivity index (χ1v) is 9.42. The van der Waals surface area contributed by atoms with Crippen LogP contribution >= 0.6 is 0 Å². The highest BCUT2D eigenvalue weighted by Gasteiger charge is 2.22. The Morgan fingerprint density at radius 3 is 2.78 bits per heavy atom. The number of rotatable bonds is 6. The number of hydrogen-bond acceptors (Lipinski definition) is 3. The molecule has 0 fully saturated rings. The van der Waals surface area contributed by atoms with Crippen LogP contribution in [0.5, 0.6) is 11.5 Å². The van der Waals surface area contributed by atoms with Crippen LogP contribution in [0.15, 0.2) is 66.7 Å². The normalized spacial score (nSPS) is 15.6. The van der Waals surface area contributed by atoms with Crippen molar-refractivity contribution in [2.24, 2.45) is 0 Å². The minimum Gasteiger partial charge on any atom is -0.494 e. The minimum absolute atomic E-state index is 0.0313. The second-order valence-electron chi connectivity index (χ2n) is 6.76. The van der Waals surface area contributed by atoms with E-state index in [4.69, 9.17) is 9.47 Å². The van der Waals surface area contributed by atoms with Crippen LogP contribution in [0.2, 0.25) is 0 Å². The zero-order valence-electron chi connectivity index (χ0n) is 15.2. The highest BCUT2D eigenvalue weighted by molar-refractivity contribution is 5.83. The van der Waals surface area contributed by atoms with E-state index in [0.29, 0.717) is 26.1 Å². The van der Waals surface area contributed by atoms with Crippen molar-refractivity contribution in [1.29, 1.82) is 0 Å². The van der Waals surface area contributed by atoms with E-state index in [9.17, 15) is 4.79 Å². The quantitative estimate of drug-likeness (QED) is 0.651. The van der Waals surface area contributed by atoms with Crippen molar-refractivity contribution in [2.45, 2.75) is 25.3 Å². The molecule has 0 aliphatic carbocycles. The van der Waals surface area contributed by atoms with E-state index in [1.54, 1.807) is 0 Å². The lowest BCUT2D eigenvalue weighted by atomic mass is 10.0. The molecule has 0 bridgehead atoms. The molecule has 0 aromatic heterocycles. The average Bonchev–Trinajstić information content (AvgIpc) is 2.71. The lowest BCUT2D eigenvalue weighted by Crippen LogP contribution is -2.32. The Labute approximate surface area is 159 Å². The molecule has 1 aliphatic heterocycles. The van der Waals surface area contributed by atoms with Crippen molar-refractivity contribution in [3.63, 3.8) is 0 Å². The number of benzene rings is 3. The number of nitrogens with one attached hydrogen (secondary N) is 1. The van der Waals surface area contributed by atoms with Crippen molar-refractivity contribution in [2.75, 3.05) is 13.2 Å². The van der Waals surface area contributed by atoms with Gasteiger partial charge in [0.1, 0.15) is 11.5 Å². The smallest absolute Gasteiger partial charge is 0.220 e. The first-order chi connectivity index (χ1) is 13.3. The number of hydrogen-bond donors (Lipinski definition) is 1. The molecular weight excluding hydrogens is 338 g/mol. The van der Waals surface area contributed by atoms with Crippen molar-refractivity contribution >= 4 is 16.7 Å². The summed E-state index contributed by atoms with van der Waals surface area (Å²) >= 11 is 0. The molecule has 138 valence electrons. The summed E-state index contributed by atoms with van der Waals surface area (Å²) < 4.78 is 11.5. The summed E-state index contributed by atoms with van der Waals surface area (Å²) in [6.45, 7) is 1.16. The zero-order chi connectivity index (χ0) is 18.5. The first kappa shape index (κ1) is 17.4. The highest BCUT2D eigenvalue weighted by Crippen LogP contribution is 2.31. The van der Waals surface area contributed by atoms with Crippen molar-refractivity contribution in [1.82, 2.24) is 5.32 Å². The summed E-state index contributed by atoms with van der Waals surface area (Å²) in [7, 11) is 0. The van der Waals surface area contributed by atoms with E-state index in [2.05, 4.69) is 23.5 Å². The molecule has 0 radical (unpaired) electrons. The molecule has 3 aromatic carbocycles. The Morgan fingerprint density at radius 2 is 1.85 bits per heavy atom. The number of fused-ring (bicyclic) bond motifs is 2. The average molecular weight is 361 g/mol. The van der Waals surface area contributed by atoms with Crippen LogP contribution in [0.4, 0.5) is 0 Å². The first-order valence-electron chi connectivity index (χ1n) is 9.42. The van der Waals surface area contributed by atoms with Gasteiger partial charge in [0.25, 0.3) is 0 Å². The molecule has 1 heterocycles. The van der Waals surface area contributed by atoms with Gasteiger partial charge in [-0.3, -0.25) is 4.79 Å². The van der Waals surface area contributed by atoms with Crippen LogP contribution in [0.1, 0.15) is 30.9 Å². The van der Waals surface area contributed by atoms with Gasteiger partial charge in [-0.15, -0.1) is 0 Å². The molecule has 0 saturated carbocycles. The third kappa shape index (κ3) is 4.22. The fourth-order valence-corrected chi connectivity index (χ4v) is 3.44. The lowest BCUT2D eigenvalue weighted by Gasteiger charge is -2.26. The van der Waals surface area contributed by atoms with Gasteiger partial charge >= 0.3 is 0 Å². The SMILES string of the molecule is O=C(CCCOc1ccc2ccccc2c1)NC1CCOc2ccccc21. The fraction of sp³-hybridized carbons (Fsp3) is 0.261. The molecule has 4 heteroatoms. The van der Waals surface area contributed by atoms with E-state index in [-0.39, 0.29) is 11.9 Å². The molecular formula is C23H23NO3. The van der Waals surface area contributed by atoms with Crippen LogP contribution < -0.4 is 14.8 Å². The van der Waals surface area contributed by atoms with Crippen LogP contribution in [0.3, 0.4) is 0 Å². The monoisotopic (exact) mass is 361 g/mol. The molecule has 27 heavy (non-hydrogen) atoms. The van der Waals surface area contributed by atoms with Crippen molar-refractivity contribution in [3.05, 3.63) is 72.3 Å². The number of carbonyl (C=O) groups is 1. The van der Waals surface area contributed by atoms with Crippen LogP contribution in [-0.2, 0) is 4.79 Å². The van der Waals surface area contributed by atoms with Crippen molar-refractivity contribution in [3.8, 4) is 11.5 Å². The Kier molecular flexibility index (Phi) is 5.24. The van der Waals surface area contributed by atoms with Gasteiger partial charge in [-0.1, -0.05) is 48.5 Å². The fourth-order valence-electron chi connectivity index (χ4n) is 3.44. The topological polar surface area (TPSA) is 47.6 Å². The van der Waals surface area contributed by atoms with E-state index in [1.165, 1.54) is 5.39 Å². The van der Waals surface area contributed by atoms with Crippen LogP contribution in [0, 0.1) is 0 Å². The Balaban J connectivity index is 1.25. The predicted octanol–water partition coefficient (Wildman–Crippen LogP) is 4.64. The van der Waals surface area contributed by atoms with Gasteiger partial charge in [0.05, 0.1) is 19.3 Å². The van der Waals surface area contributed by atoms with E-state index >= 15 is 0 Å².